The molecule has 4 rings (SSSR count). The summed E-state index contributed by atoms with van der Waals surface area (Å²) in [6.45, 7) is 0.542. The smallest absolute Gasteiger partial charge is 0.257 e. The highest BCUT2D eigenvalue weighted by molar-refractivity contribution is 9.10. The minimum Gasteiger partial charge on any atom is -0.497 e. The van der Waals surface area contributed by atoms with Gasteiger partial charge in [-0.15, -0.1) is 10.2 Å². The summed E-state index contributed by atoms with van der Waals surface area (Å²) in [5.74, 6) is 0.482. The zero-order valence-electron chi connectivity index (χ0n) is 20.3. The standard InChI is InChI=1S/C27H25BrN4O4S/c1-35-21-11-12-22(23(16-21)36-2)26(34)32(17-18-7-4-3-5-8-18)14-13-24(33)29-27-31-30-25(37-27)19-9-6-10-20(28)15-19/h3-12,15-16H,13-14,17H2,1-2H3,(H,29,31,33). The van der Waals surface area contributed by atoms with Crippen LogP contribution in [0.15, 0.2) is 77.3 Å². The van der Waals surface area contributed by atoms with Crippen molar-refractivity contribution in [3.05, 3.63) is 88.4 Å². The number of hydrogen-bond donors (Lipinski definition) is 1. The average Bonchev–Trinajstić information content (AvgIpc) is 3.39. The molecule has 1 aromatic heterocycles. The lowest BCUT2D eigenvalue weighted by Gasteiger charge is -2.24. The highest BCUT2D eigenvalue weighted by Gasteiger charge is 2.22. The van der Waals surface area contributed by atoms with Crippen LogP contribution in [0.1, 0.15) is 22.3 Å². The normalized spacial score (nSPS) is 10.6. The highest BCUT2D eigenvalue weighted by atomic mass is 79.9. The number of anilines is 1. The summed E-state index contributed by atoms with van der Waals surface area (Å²) in [6, 6.07) is 22.4. The number of methoxy groups -OCH3 is 2. The second-order valence-electron chi connectivity index (χ2n) is 8.00. The van der Waals surface area contributed by atoms with Crippen molar-refractivity contribution in [3.63, 3.8) is 0 Å². The largest absolute Gasteiger partial charge is 0.497 e. The molecule has 0 atom stereocenters. The minimum atomic E-state index is -0.260. The maximum absolute atomic E-state index is 13.5. The molecule has 0 unspecified atom stereocenters. The van der Waals surface area contributed by atoms with Crippen LogP contribution in [0, 0.1) is 0 Å². The van der Waals surface area contributed by atoms with E-state index in [4.69, 9.17) is 9.47 Å². The van der Waals surface area contributed by atoms with Crippen LogP contribution in [0.3, 0.4) is 0 Å². The van der Waals surface area contributed by atoms with Crippen molar-refractivity contribution in [2.45, 2.75) is 13.0 Å². The number of nitrogens with one attached hydrogen (secondary N) is 1. The first-order valence-corrected chi connectivity index (χ1v) is 13.0. The van der Waals surface area contributed by atoms with Crippen molar-refractivity contribution >= 4 is 44.2 Å². The molecule has 10 heteroatoms. The molecule has 8 nitrogen and oxygen atoms in total. The molecule has 2 amide bonds. The number of carbonyl (C=O) groups excluding carboxylic acids is 2. The molecule has 0 bridgehead atoms. The summed E-state index contributed by atoms with van der Waals surface area (Å²) in [5.41, 5.74) is 2.24. The Morgan fingerprint density at radius 3 is 2.51 bits per heavy atom. The Bertz CT molecular complexity index is 1380. The Morgan fingerprint density at radius 1 is 0.973 bits per heavy atom. The van der Waals surface area contributed by atoms with Gasteiger partial charge in [0.1, 0.15) is 16.5 Å². The van der Waals surface area contributed by atoms with Crippen LogP contribution in [0.4, 0.5) is 5.13 Å². The van der Waals surface area contributed by atoms with E-state index >= 15 is 0 Å². The van der Waals surface area contributed by atoms with Gasteiger partial charge in [-0.25, -0.2) is 0 Å². The predicted octanol–water partition coefficient (Wildman–Crippen LogP) is 5.66. The van der Waals surface area contributed by atoms with Crippen molar-refractivity contribution in [2.75, 3.05) is 26.1 Å². The van der Waals surface area contributed by atoms with Gasteiger partial charge in [0, 0.05) is 35.6 Å². The number of nitrogens with zero attached hydrogens (tertiary/aromatic N) is 3. The van der Waals surface area contributed by atoms with E-state index in [2.05, 4.69) is 31.4 Å². The number of benzene rings is 3. The topological polar surface area (TPSA) is 93.7 Å². The number of amides is 2. The predicted molar refractivity (Wildman–Crippen MR) is 147 cm³/mol. The molecule has 0 saturated carbocycles. The molecule has 0 radical (unpaired) electrons. The third kappa shape index (κ3) is 6.93. The molecule has 4 aromatic rings. The van der Waals surface area contributed by atoms with Gasteiger partial charge in [0.25, 0.3) is 5.91 Å². The summed E-state index contributed by atoms with van der Waals surface area (Å²) in [7, 11) is 3.06. The van der Waals surface area contributed by atoms with Crippen LogP contribution in [-0.4, -0.2) is 47.7 Å². The fourth-order valence-electron chi connectivity index (χ4n) is 3.63. The maximum Gasteiger partial charge on any atom is 0.257 e. The Labute approximate surface area is 227 Å². The third-order valence-corrected chi connectivity index (χ3v) is 6.88. The molecule has 0 aliphatic carbocycles. The number of aromatic nitrogens is 2. The van der Waals surface area contributed by atoms with Gasteiger partial charge in [0.15, 0.2) is 0 Å². The first kappa shape index (κ1) is 26.3. The van der Waals surface area contributed by atoms with E-state index in [0.29, 0.717) is 33.7 Å². The summed E-state index contributed by atoms with van der Waals surface area (Å²) in [4.78, 5) is 27.9. The first-order chi connectivity index (χ1) is 18.0. The van der Waals surface area contributed by atoms with E-state index in [0.717, 1.165) is 15.6 Å². The lowest BCUT2D eigenvalue weighted by Crippen LogP contribution is -2.33. The van der Waals surface area contributed by atoms with Gasteiger partial charge in [0.2, 0.25) is 11.0 Å². The molecule has 0 spiro atoms. The van der Waals surface area contributed by atoms with Gasteiger partial charge in [-0.05, 0) is 29.8 Å². The monoisotopic (exact) mass is 580 g/mol. The molecular formula is C27H25BrN4O4S. The summed E-state index contributed by atoms with van der Waals surface area (Å²) < 4.78 is 11.6. The van der Waals surface area contributed by atoms with Crippen LogP contribution in [0.5, 0.6) is 11.5 Å². The first-order valence-electron chi connectivity index (χ1n) is 11.4. The minimum absolute atomic E-state index is 0.0862. The van der Waals surface area contributed by atoms with E-state index < -0.39 is 0 Å². The average molecular weight is 581 g/mol. The van der Waals surface area contributed by atoms with Crippen molar-refractivity contribution in [3.8, 4) is 22.1 Å². The van der Waals surface area contributed by atoms with Gasteiger partial charge in [-0.2, -0.15) is 0 Å². The van der Waals surface area contributed by atoms with Crippen LogP contribution in [-0.2, 0) is 11.3 Å². The van der Waals surface area contributed by atoms with Crippen molar-refractivity contribution in [2.24, 2.45) is 0 Å². The van der Waals surface area contributed by atoms with Gasteiger partial charge in [-0.1, -0.05) is 69.7 Å². The number of hydrogen-bond acceptors (Lipinski definition) is 7. The molecule has 0 saturated heterocycles. The quantitative estimate of drug-likeness (QED) is 0.260. The highest BCUT2D eigenvalue weighted by Crippen LogP contribution is 2.29. The number of rotatable bonds is 10. The molecule has 0 fully saturated rings. The second kappa shape index (κ2) is 12.5. The lowest BCUT2D eigenvalue weighted by molar-refractivity contribution is -0.116. The van der Waals surface area contributed by atoms with Gasteiger partial charge in [0.05, 0.1) is 19.8 Å². The fraction of sp³-hybridized carbons (Fsp3) is 0.185. The Balaban J connectivity index is 1.46. The van der Waals surface area contributed by atoms with E-state index in [1.165, 1.54) is 18.4 Å². The SMILES string of the molecule is COc1ccc(C(=O)N(CCC(=O)Nc2nnc(-c3cccc(Br)c3)s2)Cc2ccccc2)c(OC)c1. The fourth-order valence-corrected chi connectivity index (χ4v) is 4.79. The second-order valence-corrected chi connectivity index (χ2v) is 9.89. The van der Waals surface area contributed by atoms with Crippen molar-refractivity contribution < 1.29 is 19.1 Å². The molecule has 0 aliphatic rings. The molecule has 1 heterocycles. The summed E-state index contributed by atoms with van der Waals surface area (Å²) >= 11 is 4.74. The number of halogens is 1. The van der Waals surface area contributed by atoms with E-state index in [9.17, 15) is 9.59 Å². The Hall–Kier alpha value is -3.76. The molecular weight excluding hydrogens is 556 g/mol. The van der Waals surface area contributed by atoms with Crippen LogP contribution >= 0.6 is 27.3 Å². The van der Waals surface area contributed by atoms with Crippen LogP contribution in [0.25, 0.3) is 10.6 Å². The zero-order valence-corrected chi connectivity index (χ0v) is 22.7. The number of ether oxygens (including phenoxy) is 2. The Morgan fingerprint density at radius 2 is 1.78 bits per heavy atom. The molecule has 1 N–H and O–H groups in total. The van der Waals surface area contributed by atoms with Gasteiger partial charge < -0.3 is 19.7 Å². The molecule has 37 heavy (non-hydrogen) atoms. The molecule has 0 aliphatic heterocycles. The van der Waals surface area contributed by atoms with E-state index in [1.54, 1.807) is 30.2 Å². The van der Waals surface area contributed by atoms with Gasteiger partial charge >= 0.3 is 0 Å². The van der Waals surface area contributed by atoms with E-state index in [1.807, 2.05) is 54.6 Å². The zero-order chi connectivity index (χ0) is 26.2. The van der Waals surface area contributed by atoms with E-state index in [-0.39, 0.29) is 24.8 Å². The van der Waals surface area contributed by atoms with Gasteiger partial charge in [-0.3, -0.25) is 9.59 Å². The van der Waals surface area contributed by atoms with Crippen LogP contribution in [0.2, 0.25) is 0 Å². The Kier molecular flexibility index (Phi) is 8.86. The third-order valence-electron chi connectivity index (χ3n) is 5.49. The van der Waals surface area contributed by atoms with Crippen LogP contribution < -0.4 is 14.8 Å². The lowest BCUT2D eigenvalue weighted by atomic mass is 10.1. The summed E-state index contributed by atoms with van der Waals surface area (Å²) in [5, 5.41) is 12.2. The molecule has 190 valence electrons. The number of carbonyl (C=O) groups is 2. The maximum atomic E-state index is 13.5. The molecule has 3 aromatic carbocycles. The van der Waals surface area contributed by atoms with Crippen molar-refractivity contribution in [1.29, 1.82) is 0 Å². The van der Waals surface area contributed by atoms with Crippen molar-refractivity contribution in [1.82, 2.24) is 15.1 Å². The summed E-state index contributed by atoms with van der Waals surface area (Å²) in [6.07, 6.45) is 0.0862.